The van der Waals surface area contributed by atoms with Crippen molar-refractivity contribution in [2.24, 2.45) is 5.92 Å². The summed E-state index contributed by atoms with van der Waals surface area (Å²) in [5, 5.41) is 21.1. The lowest BCUT2D eigenvalue weighted by molar-refractivity contribution is 0.0960. The van der Waals surface area contributed by atoms with Crippen molar-refractivity contribution < 1.29 is 19.4 Å². The van der Waals surface area contributed by atoms with Gasteiger partial charge < -0.3 is 14.6 Å². The smallest absolute Gasteiger partial charge is 0.343 e. The normalized spacial score (nSPS) is 21.7. The number of fused-ring (bicyclic) bond motifs is 1. The molecule has 4 rings (SSSR count). The summed E-state index contributed by atoms with van der Waals surface area (Å²) in [5.41, 5.74) is 0.760. The fourth-order valence-corrected chi connectivity index (χ4v) is 4.72. The van der Waals surface area contributed by atoms with Crippen molar-refractivity contribution >= 4 is 5.78 Å². The Morgan fingerprint density at radius 1 is 1.10 bits per heavy atom. The number of Topliss-reactive ketones (excluding diaryl/α,β-unsaturated/α-hetero) is 1. The molecule has 1 aromatic carbocycles. The largest absolute Gasteiger partial charge is 0.506 e. The van der Waals surface area contributed by atoms with Crippen molar-refractivity contribution in [3.05, 3.63) is 63.2 Å². The highest BCUT2D eigenvalue weighted by molar-refractivity contribution is 6.00. The molecule has 3 unspecified atom stereocenters. The van der Waals surface area contributed by atoms with E-state index in [1.165, 1.54) is 0 Å². The average Bonchev–Trinajstić information content (AvgIpc) is 3.51. The third-order valence-corrected chi connectivity index (χ3v) is 6.21. The average molecular weight is 396 g/mol. The Bertz CT molecular complexity index is 940. The van der Waals surface area contributed by atoms with Gasteiger partial charge in [-0.05, 0) is 50.5 Å². The molecule has 2 N–H and O–H groups in total. The first-order valence-corrected chi connectivity index (χ1v) is 10.6. The summed E-state index contributed by atoms with van der Waals surface area (Å²) in [4.78, 5) is 26.0. The predicted octanol–water partition coefficient (Wildman–Crippen LogP) is 4.50. The number of hydrogen-bond donors (Lipinski definition) is 2. The first-order chi connectivity index (χ1) is 14.0. The van der Waals surface area contributed by atoms with Crippen molar-refractivity contribution in [1.29, 1.82) is 0 Å². The molecule has 5 nitrogen and oxygen atoms in total. The minimum atomic E-state index is -0.585. The van der Waals surface area contributed by atoms with Gasteiger partial charge in [0, 0.05) is 18.3 Å². The maximum absolute atomic E-state index is 13.1. The van der Waals surface area contributed by atoms with Crippen LogP contribution in [0.25, 0.3) is 0 Å². The van der Waals surface area contributed by atoms with Crippen LogP contribution in [0.1, 0.15) is 91.0 Å². The predicted molar refractivity (Wildman–Crippen MR) is 109 cm³/mol. The van der Waals surface area contributed by atoms with Crippen LogP contribution >= 0.6 is 0 Å². The summed E-state index contributed by atoms with van der Waals surface area (Å²) in [6.07, 6.45) is 4.37. The maximum Gasteiger partial charge on any atom is 0.343 e. The molecule has 2 aromatic rings. The van der Waals surface area contributed by atoms with Gasteiger partial charge in [-0.3, -0.25) is 4.79 Å². The van der Waals surface area contributed by atoms with Gasteiger partial charge in [-0.25, -0.2) is 4.79 Å². The third-order valence-electron chi connectivity index (χ3n) is 6.21. The summed E-state index contributed by atoms with van der Waals surface area (Å²) in [7, 11) is 0. The number of benzene rings is 1. The standard InChI is InChI=1S/C24H28O5/c1-14(25)13-17-9-5-6-10-18(26)20-22(27)21(24(28)29-23(17)20)19(16-11-12-16)15-7-3-2-4-8-15/h2-4,7-8,14,16-17,19,25,27H,5-6,9-13H2,1H3. The van der Waals surface area contributed by atoms with Gasteiger partial charge in [0.15, 0.2) is 5.78 Å². The molecule has 154 valence electrons. The van der Waals surface area contributed by atoms with Crippen molar-refractivity contribution in [1.82, 2.24) is 0 Å². The third kappa shape index (κ3) is 4.01. The number of aromatic hydroxyl groups is 1. The lowest BCUT2D eigenvalue weighted by atomic mass is 9.82. The molecule has 0 aliphatic heterocycles. The van der Waals surface area contributed by atoms with Crippen molar-refractivity contribution in [2.75, 3.05) is 0 Å². The number of carbonyl (C=O) groups excluding carboxylic acids is 1. The SMILES string of the molecule is CC(O)CC1CCCCC(=O)c2c1oc(=O)c(C(c1ccccc1)C1CC1)c2O. The van der Waals surface area contributed by atoms with Crippen LogP contribution in [0.15, 0.2) is 39.5 Å². The van der Waals surface area contributed by atoms with Crippen LogP contribution in [0.5, 0.6) is 5.75 Å². The Morgan fingerprint density at radius 3 is 2.48 bits per heavy atom. The number of aliphatic hydroxyl groups is 1. The Balaban J connectivity index is 1.89. The van der Waals surface area contributed by atoms with E-state index >= 15 is 0 Å². The van der Waals surface area contributed by atoms with E-state index in [0.717, 1.165) is 37.7 Å². The molecule has 3 atom stereocenters. The van der Waals surface area contributed by atoms with Crippen LogP contribution < -0.4 is 5.63 Å². The van der Waals surface area contributed by atoms with Gasteiger partial charge in [0.25, 0.3) is 0 Å². The van der Waals surface area contributed by atoms with E-state index in [0.29, 0.717) is 12.8 Å². The monoisotopic (exact) mass is 396 g/mol. The van der Waals surface area contributed by atoms with Gasteiger partial charge in [-0.1, -0.05) is 36.8 Å². The van der Waals surface area contributed by atoms with Crippen LogP contribution in [0.4, 0.5) is 0 Å². The van der Waals surface area contributed by atoms with Gasteiger partial charge in [0.1, 0.15) is 11.5 Å². The van der Waals surface area contributed by atoms with E-state index in [1.54, 1.807) is 6.92 Å². The molecule has 0 amide bonds. The molecule has 2 aliphatic rings. The minimum absolute atomic E-state index is 0.159. The number of rotatable bonds is 5. The summed E-state index contributed by atoms with van der Waals surface area (Å²) < 4.78 is 5.76. The van der Waals surface area contributed by atoms with E-state index in [-0.39, 0.29) is 46.2 Å². The summed E-state index contributed by atoms with van der Waals surface area (Å²) in [6, 6.07) is 9.66. The van der Waals surface area contributed by atoms with E-state index in [1.807, 2.05) is 30.3 Å². The number of carbonyl (C=O) groups is 1. The van der Waals surface area contributed by atoms with E-state index < -0.39 is 11.7 Å². The number of hydrogen-bond acceptors (Lipinski definition) is 5. The second kappa shape index (κ2) is 8.15. The quantitative estimate of drug-likeness (QED) is 0.777. The highest BCUT2D eigenvalue weighted by Crippen LogP contribution is 2.49. The zero-order chi connectivity index (χ0) is 20.5. The highest BCUT2D eigenvalue weighted by Gasteiger charge is 2.40. The van der Waals surface area contributed by atoms with Crippen LogP contribution in [0.3, 0.4) is 0 Å². The Hall–Kier alpha value is -2.40. The van der Waals surface area contributed by atoms with Crippen molar-refractivity contribution in [2.45, 2.75) is 69.8 Å². The lowest BCUT2D eigenvalue weighted by Gasteiger charge is -2.25. The molecule has 1 fully saturated rings. The second-order valence-electron chi connectivity index (χ2n) is 8.57. The van der Waals surface area contributed by atoms with Crippen LogP contribution in [-0.2, 0) is 0 Å². The molecule has 0 spiro atoms. The summed E-state index contributed by atoms with van der Waals surface area (Å²) >= 11 is 0. The number of aliphatic hydroxyl groups excluding tert-OH is 1. The Kier molecular flexibility index (Phi) is 5.59. The van der Waals surface area contributed by atoms with E-state index in [4.69, 9.17) is 4.42 Å². The zero-order valence-corrected chi connectivity index (χ0v) is 16.8. The molecule has 0 radical (unpaired) electrons. The topological polar surface area (TPSA) is 87.7 Å². The molecule has 2 aliphatic carbocycles. The van der Waals surface area contributed by atoms with Gasteiger partial charge in [-0.2, -0.15) is 0 Å². The molecule has 1 saturated carbocycles. The van der Waals surface area contributed by atoms with Crippen LogP contribution in [-0.4, -0.2) is 22.1 Å². The molecule has 29 heavy (non-hydrogen) atoms. The van der Waals surface area contributed by atoms with Gasteiger partial charge in [0.2, 0.25) is 0 Å². The van der Waals surface area contributed by atoms with Gasteiger partial charge in [-0.15, -0.1) is 0 Å². The first-order valence-electron chi connectivity index (χ1n) is 10.6. The molecule has 0 bridgehead atoms. The molecule has 1 heterocycles. The molecule has 0 saturated heterocycles. The molecule has 1 aromatic heterocycles. The van der Waals surface area contributed by atoms with E-state index in [2.05, 4.69) is 0 Å². The zero-order valence-electron chi connectivity index (χ0n) is 16.8. The number of ketones is 1. The van der Waals surface area contributed by atoms with E-state index in [9.17, 15) is 19.8 Å². The molecular formula is C24H28O5. The first kappa shape index (κ1) is 19.9. The Morgan fingerprint density at radius 2 is 1.83 bits per heavy atom. The van der Waals surface area contributed by atoms with Crippen molar-refractivity contribution in [3.63, 3.8) is 0 Å². The van der Waals surface area contributed by atoms with Crippen molar-refractivity contribution in [3.8, 4) is 5.75 Å². The fourth-order valence-electron chi connectivity index (χ4n) is 4.72. The van der Waals surface area contributed by atoms with Gasteiger partial charge in [0.05, 0.1) is 17.2 Å². The minimum Gasteiger partial charge on any atom is -0.506 e. The molecule has 5 heteroatoms. The summed E-state index contributed by atoms with van der Waals surface area (Å²) in [5.74, 6) is -0.394. The van der Waals surface area contributed by atoms with Crippen LogP contribution in [0, 0.1) is 5.92 Å². The highest BCUT2D eigenvalue weighted by atomic mass is 16.4. The maximum atomic E-state index is 13.1. The van der Waals surface area contributed by atoms with Crippen LogP contribution in [0.2, 0.25) is 0 Å². The Labute approximate surface area is 170 Å². The fraction of sp³-hybridized carbons (Fsp3) is 0.500. The summed E-state index contributed by atoms with van der Waals surface area (Å²) in [6.45, 7) is 1.69. The second-order valence-corrected chi connectivity index (χ2v) is 8.57. The van der Waals surface area contributed by atoms with Gasteiger partial charge >= 0.3 is 5.63 Å². The lowest BCUT2D eigenvalue weighted by Crippen LogP contribution is -2.23. The molecular weight excluding hydrogens is 368 g/mol.